The number of aliphatic hydroxyl groups is 2. The standard InChI is InChI=1S/C38H26N4O2/c43-35-33(25-17-19-29-31-23(25)13-7-15-27(31)39-37(41-29)21-9-3-1-4-10-21)36(44)34(35)26-18-20-30-32-24(26)14-8-16-28(32)40-38(42-30)22-11-5-2-6-12-22/h1-20,23,25,43-44H,(H,39,41)(H,40,42). The highest BCUT2D eigenvalue weighted by atomic mass is 16.3. The highest BCUT2D eigenvalue weighted by Gasteiger charge is 2.42. The van der Waals surface area contributed by atoms with E-state index in [2.05, 4.69) is 22.8 Å². The van der Waals surface area contributed by atoms with Crippen molar-refractivity contribution < 1.29 is 10.2 Å². The molecule has 0 fully saturated rings. The molecule has 4 aromatic rings. The van der Waals surface area contributed by atoms with Crippen LogP contribution in [0.3, 0.4) is 0 Å². The van der Waals surface area contributed by atoms with Crippen molar-refractivity contribution >= 4 is 39.4 Å². The zero-order valence-corrected chi connectivity index (χ0v) is 23.5. The van der Waals surface area contributed by atoms with E-state index in [0.717, 1.165) is 67.5 Å². The number of anilines is 1. The van der Waals surface area contributed by atoms with Crippen molar-refractivity contribution in [2.24, 2.45) is 21.8 Å². The molecule has 2 aliphatic heterocycles. The van der Waals surface area contributed by atoms with E-state index in [9.17, 15) is 10.2 Å². The van der Waals surface area contributed by atoms with Crippen LogP contribution in [-0.2, 0) is 0 Å². The van der Waals surface area contributed by atoms with Crippen molar-refractivity contribution in [1.29, 1.82) is 0 Å². The summed E-state index contributed by atoms with van der Waals surface area (Å²) in [5, 5.41) is 32.0. The Bertz CT molecular complexity index is 2180. The van der Waals surface area contributed by atoms with Gasteiger partial charge in [0.1, 0.15) is 23.2 Å². The number of aliphatic imine (C=N–C) groups is 2. The summed E-state index contributed by atoms with van der Waals surface area (Å²) in [4.78, 5) is 9.85. The van der Waals surface area contributed by atoms with E-state index in [4.69, 9.17) is 9.98 Å². The van der Waals surface area contributed by atoms with Crippen molar-refractivity contribution in [1.82, 2.24) is 5.32 Å². The second-order valence-corrected chi connectivity index (χ2v) is 11.4. The molecular formula is C38H26N4O2. The summed E-state index contributed by atoms with van der Waals surface area (Å²) in [7, 11) is 0. The lowest BCUT2D eigenvalue weighted by Crippen LogP contribution is -2.35. The molecule has 6 heteroatoms. The Balaban J connectivity index is 1.08. The van der Waals surface area contributed by atoms with Gasteiger partial charge < -0.3 is 20.8 Å². The van der Waals surface area contributed by atoms with E-state index in [1.54, 1.807) is 0 Å². The van der Waals surface area contributed by atoms with Crippen molar-refractivity contribution in [3.63, 3.8) is 0 Å². The maximum atomic E-state index is 11.6. The van der Waals surface area contributed by atoms with Gasteiger partial charge in [-0.3, -0.25) is 0 Å². The molecule has 9 rings (SSSR count). The van der Waals surface area contributed by atoms with Gasteiger partial charge in [0.2, 0.25) is 0 Å². The molecule has 0 bridgehead atoms. The van der Waals surface area contributed by atoms with Gasteiger partial charge in [-0.1, -0.05) is 97.1 Å². The largest absolute Gasteiger partial charge is 0.507 e. The van der Waals surface area contributed by atoms with Crippen LogP contribution in [0.15, 0.2) is 165 Å². The second kappa shape index (κ2) is 9.31. The van der Waals surface area contributed by atoms with E-state index < -0.39 is 0 Å². The smallest absolute Gasteiger partial charge is 0.138 e. The Morgan fingerprint density at radius 1 is 0.636 bits per heavy atom. The number of nitrogens with zero attached hydrogens (tertiary/aromatic N) is 2. The van der Waals surface area contributed by atoms with E-state index in [1.807, 2.05) is 109 Å². The molecule has 0 aromatic heterocycles. The molecule has 0 saturated heterocycles. The third kappa shape index (κ3) is 3.54. The van der Waals surface area contributed by atoms with E-state index in [1.165, 1.54) is 0 Å². The third-order valence-electron chi connectivity index (χ3n) is 9.00. The van der Waals surface area contributed by atoms with Gasteiger partial charge in [-0.25, -0.2) is 9.98 Å². The number of rotatable bonds is 4. The highest BCUT2D eigenvalue weighted by Crippen LogP contribution is 2.52. The Morgan fingerprint density at radius 2 is 1.36 bits per heavy atom. The average Bonchev–Trinajstić information content (AvgIpc) is 3.08. The predicted molar refractivity (Wildman–Crippen MR) is 176 cm³/mol. The molecule has 3 aliphatic carbocycles. The van der Waals surface area contributed by atoms with Crippen molar-refractivity contribution in [2.45, 2.75) is 0 Å². The van der Waals surface area contributed by atoms with E-state index >= 15 is 0 Å². The second-order valence-electron chi connectivity index (χ2n) is 11.4. The Labute approximate surface area is 253 Å². The molecule has 44 heavy (non-hydrogen) atoms. The van der Waals surface area contributed by atoms with Crippen LogP contribution >= 0.6 is 0 Å². The minimum atomic E-state index is -0.229. The number of hydrogen-bond donors (Lipinski definition) is 4. The fourth-order valence-corrected chi connectivity index (χ4v) is 6.95. The predicted octanol–water partition coefficient (Wildman–Crippen LogP) is 8.00. The van der Waals surface area contributed by atoms with Crippen LogP contribution in [0.2, 0.25) is 0 Å². The molecule has 0 saturated carbocycles. The molecule has 4 aromatic carbocycles. The van der Waals surface area contributed by atoms with Gasteiger partial charge in [0.05, 0.1) is 17.0 Å². The summed E-state index contributed by atoms with van der Waals surface area (Å²) in [6.45, 7) is 0. The number of hydrogen-bond acceptors (Lipinski definition) is 6. The average molecular weight is 571 g/mol. The molecule has 0 radical (unpaired) electrons. The maximum absolute atomic E-state index is 11.6. The van der Waals surface area contributed by atoms with E-state index in [0.29, 0.717) is 11.1 Å². The molecule has 2 heterocycles. The lowest BCUT2D eigenvalue weighted by atomic mass is 9.69. The Morgan fingerprint density at radius 3 is 2.11 bits per heavy atom. The van der Waals surface area contributed by atoms with Crippen LogP contribution in [0.1, 0.15) is 16.7 Å². The highest BCUT2D eigenvalue weighted by molar-refractivity contribution is 6.20. The first-order chi connectivity index (χ1) is 21.7. The molecule has 4 N–H and O–H groups in total. The number of nitrogens with one attached hydrogen (secondary N) is 2. The summed E-state index contributed by atoms with van der Waals surface area (Å²) < 4.78 is 0. The maximum Gasteiger partial charge on any atom is 0.138 e. The molecular weight excluding hydrogens is 544 g/mol. The molecule has 210 valence electrons. The lowest BCUT2D eigenvalue weighted by Gasteiger charge is -2.38. The summed E-state index contributed by atoms with van der Waals surface area (Å²) in [6.07, 6.45) is 10.3. The Kier molecular flexibility index (Phi) is 5.23. The molecule has 6 nitrogen and oxygen atoms in total. The van der Waals surface area contributed by atoms with Crippen LogP contribution in [0.25, 0.3) is 16.3 Å². The lowest BCUT2D eigenvalue weighted by molar-refractivity contribution is 0.346. The van der Waals surface area contributed by atoms with Crippen LogP contribution in [0, 0.1) is 11.8 Å². The molecule has 0 amide bonds. The molecule has 2 unspecified atom stereocenters. The first kappa shape index (κ1) is 24.7. The zero-order chi connectivity index (χ0) is 29.4. The van der Waals surface area contributed by atoms with Crippen molar-refractivity contribution in [3.8, 4) is 0 Å². The monoisotopic (exact) mass is 570 g/mol. The van der Waals surface area contributed by atoms with Crippen LogP contribution in [-0.4, -0.2) is 21.9 Å². The van der Waals surface area contributed by atoms with Crippen molar-refractivity contribution in [2.75, 3.05) is 5.32 Å². The van der Waals surface area contributed by atoms with Crippen LogP contribution < -0.4 is 10.6 Å². The quantitative estimate of drug-likeness (QED) is 0.200. The molecule has 5 aliphatic rings. The van der Waals surface area contributed by atoms with Crippen molar-refractivity contribution in [3.05, 3.63) is 172 Å². The number of allylic oxidation sites excluding steroid dienone is 8. The SMILES string of the molecule is OC1=C(c2ccc3c4c(cccc24)NC(c2ccccc2)=N3)C(O)=C1C1C=CC2=C3C(=CC=CC31)NC(c1ccccc1)=N2. The molecule has 2 atom stereocenters. The van der Waals surface area contributed by atoms with Gasteiger partial charge in [-0.15, -0.1) is 0 Å². The first-order valence-corrected chi connectivity index (χ1v) is 14.7. The molecule has 0 spiro atoms. The number of benzene rings is 4. The minimum Gasteiger partial charge on any atom is -0.507 e. The number of amidine groups is 2. The van der Waals surface area contributed by atoms with Gasteiger partial charge in [-0.05, 0) is 35.2 Å². The minimum absolute atomic E-state index is 0.0734. The number of aliphatic hydroxyl groups excluding tert-OH is 2. The van der Waals surface area contributed by atoms with Crippen LogP contribution in [0.4, 0.5) is 11.4 Å². The topological polar surface area (TPSA) is 89.2 Å². The van der Waals surface area contributed by atoms with Gasteiger partial charge in [0.25, 0.3) is 0 Å². The summed E-state index contributed by atoms with van der Waals surface area (Å²) in [5.74, 6) is 1.55. The first-order valence-electron chi connectivity index (χ1n) is 14.7. The van der Waals surface area contributed by atoms with Gasteiger partial charge in [-0.2, -0.15) is 0 Å². The van der Waals surface area contributed by atoms with Crippen LogP contribution in [0.5, 0.6) is 0 Å². The fourth-order valence-electron chi connectivity index (χ4n) is 6.95. The van der Waals surface area contributed by atoms with E-state index in [-0.39, 0.29) is 23.4 Å². The summed E-state index contributed by atoms with van der Waals surface area (Å²) in [5.41, 5.74) is 8.58. The fraction of sp³-hybridized carbons (Fsp3) is 0.0526. The van der Waals surface area contributed by atoms with Gasteiger partial charge in [0.15, 0.2) is 0 Å². The normalized spacial score (nSPS) is 21.2. The van der Waals surface area contributed by atoms with Gasteiger partial charge >= 0.3 is 0 Å². The summed E-state index contributed by atoms with van der Waals surface area (Å²) >= 11 is 0. The zero-order valence-electron chi connectivity index (χ0n) is 23.5. The third-order valence-corrected chi connectivity index (χ3v) is 9.00. The summed E-state index contributed by atoms with van der Waals surface area (Å²) in [6, 6.07) is 30.1. The van der Waals surface area contributed by atoms with Gasteiger partial charge in [0, 0.05) is 50.9 Å². The Hall–Kier alpha value is -5.88.